The van der Waals surface area contributed by atoms with Crippen molar-refractivity contribution in [1.29, 1.82) is 0 Å². The van der Waals surface area contributed by atoms with E-state index in [9.17, 15) is 9.59 Å². The van der Waals surface area contributed by atoms with Crippen LogP contribution in [-0.2, 0) is 9.53 Å². The number of carbonyl (C=O) groups excluding carboxylic acids is 2. The standard InChI is InChI=1S/C29H42N6O4/c1-34-13-5-6-20(34)17-39-24-16-23(35-14-12-31-18-28(35)11-15-38-19-28)32-27(33-24)25(37)21-7-4-10-29(26(21)30)9-3-2-8-22(29)36/h16,20,31H,2-15,17-19,30H2,1H3/t20-,28-,29+/m0/s1. The van der Waals surface area contributed by atoms with Crippen LogP contribution in [0.3, 0.4) is 0 Å². The maximum absolute atomic E-state index is 14.1. The van der Waals surface area contributed by atoms with Crippen LogP contribution in [-0.4, -0.2) is 91.1 Å². The molecule has 2 aliphatic carbocycles. The smallest absolute Gasteiger partial charge is 0.228 e. The summed E-state index contributed by atoms with van der Waals surface area (Å²) >= 11 is 0. The largest absolute Gasteiger partial charge is 0.476 e. The molecule has 6 rings (SSSR count). The number of aromatic nitrogens is 2. The highest BCUT2D eigenvalue weighted by Gasteiger charge is 2.47. The molecule has 3 N–H and O–H groups in total. The number of likely N-dealkylation sites (N-methyl/N-ethyl adjacent to an activating group) is 1. The molecule has 10 heteroatoms. The lowest BCUT2D eigenvalue weighted by molar-refractivity contribution is -0.129. The van der Waals surface area contributed by atoms with Crippen molar-refractivity contribution in [2.24, 2.45) is 11.1 Å². The first-order chi connectivity index (χ1) is 18.9. The molecule has 3 aliphatic heterocycles. The van der Waals surface area contributed by atoms with Crippen molar-refractivity contribution >= 4 is 17.4 Å². The van der Waals surface area contributed by atoms with Crippen molar-refractivity contribution < 1.29 is 19.1 Å². The first kappa shape index (κ1) is 26.7. The van der Waals surface area contributed by atoms with Gasteiger partial charge in [-0.2, -0.15) is 4.98 Å². The number of nitrogens with two attached hydrogens (primary N) is 1. The predicted molar refractivity (Wildman–Crippen MR) is 147 cm³/mol. The van der Waals surface area contributed by atoms with Gasteiger partial charge in [0.25, 0.3) is 0 Å². The van der Waals surface area contributed by atoms with E-state index in [0.717, 1.165) is 77.5 Å². The van der Waals surface area contributed by atoms with E-state index in [4.69, 9.17) is 20.2 Å². The van der Waals surface area contributed by atoms with Gasteiger partial charge in [-0.1, -0.05) is 6.42 Å². The van der Waals surface area contributed by atoms with Crippen LogP contribution >= 0.6 is 0 Å². The number of piperazine rings is 1. The fourth-order valence-corrected chi connectivity index (χ4v) is 7.39. The first-order valence-electron chi connectivity index (χ1n) is 14.8. The van der Waals surface area contributed by atoms with Crippen LogP contribution in [0.4, 0.5) is 5.82 Å². The van der Waals surface area contributed by atoms with Crippen LogP contribution in [0.5, 0.6) is 5.88 Å². The molecule has 0 aromatic carbocycles. The lowest BCUT2D eigenvalue weighted by atomic mass is 9.64. The molecule has 4 fully saturated rings. The van der Waals surface area contributed by atoms with E-state index in [0.29, 0.717) is 61.7 Å². The monoisotopic (exact) mass is 538 g/mol. The van der Waals surface area contributed by atoms with Gasteiger partial charge in [-0.25, -0.2) is 4.98 Å². The van der Waals surface area contributed by atoms with Gasteiger partial charge in [-0.05, 0) is 65.0 Å². The highest BCUT2D eigenvalue weighted by molar-refractivity contribution is 6.08. The van der Waals surface area contributed by atoms with Crippen molar-refractivity contribution in [3.63, 3.8) is 0 Å². The highest BCUT2D eigenvalue weighted by atomic mass is 16.5. The van der Waals surface area contributed by atoms with E-state index in [1.54, 1.807) is 0 Å². The van der Waals surface area contributed by atoms with Crippen LogP contribution in [0.25, 0.3) is 0 Å². The van der Waals surface area contributed by atoms with Gasteiger partial charge >= 0.3 is 0 Å². The minimum Gasteiger partial charge on any atom is -0.476 e. The molecule has 10 nitrogen and oxygen atoms in total. The number of hydrogen-bond donors (Lipinski definition) is 2. The molecule has 0 unspecified atom stereocenters. The Morgan fingerprint density at radius 1 is 1.18 bits per heavy atom. The van der Waals surface area contributed by atoms with Gasteiger partial charge in [0.1, 0.15) is 18.2 Å². The Hall–Kier alpha value is -2.56. The number of rotatable bonds is 6. The van der Waals surface area contributed by atoms with Crippen LogP contribution in [0.2, 0.25) is 0 Å². The third kappa shape index (κ3) is 4.85. The summed E-state index contributed by atoms with van der Waals surface area (Å²) in [5, 5.41) is 3.51. The molecule has 5 aliphatic rings. The molecule has 1 aromatic heterocycles. The Bertz CT molecular complexity index is 1150. The van der Waals surface area contributed by atoms with Gasteiger partial charge in [-0.3, -0.25) is 9.59 Å². The summed E-state index contributed by atoms with van der Waals surface area (Å²) < 4.78 is 12.1. The normalized spacial score (nSPS) is 32.0. The van der Waals surface area contributed by atoms with Crippen LogP contribution in [0.1, 0.15) is 74.8 Å². The SMILES string of the molecule is CN1CCC[C@H]1COc1cc(N2CCNC[C@]23CCOC3)nc(C(=O)C2=C(N)[C@]3(CCCCC3=O)CCC2)n1. The fraction of sp³-hybridized carbons (Fsp3) is 0.724. The minimum absolute atomic E-state index is 0.105. The lowest BCUT2D eigenvalue weighted by Crippen LogP contribution is -2.62. The summed E-state index contributed by atoms with van der Waals surface area (Å²) in [6, 6.07) is 2.20. The number of likely N-dealkylation sites (tertiary alicyclic amines) is 1. The van der Waals surface area contributed by atoms with Crippen molar-refractivity contribution in [2.75, 3.05) is 57.9 Å². The fourth-order valence-electron chi connectivity index (χ4n) is 7.39. The van der Waals surface area contributed by atoms with Gasteiger partial charge in [0.2, 0.25) is 17.5 Å². The van der Waals surface area contributed by atoms with Crippen molar-refractivity contribution in [3.05, 3.63) is 23.2 Å². The molecular weight excluding hydrogens is 496 g/mol. The number of nitrogens with one attached hydrogen (secondary N) is 1. The minimum atomic E-state index is -0.699. The summed E-state index contributed by atoms with van der Waals surface area (Å²) in [6.45, 7) is 5.25. The number of Topliss-reactive ketones (excluding diaryl/α,β-unsaturated/α-hetero) is 2. The zero-order chi connectivity index (χ0) is 27.0. The number of ketones is 2. The van der Waals surface area contributed by atoms with Crippen LogP contribution < -0.4 is 20.7 Å². The van der Waals surface area contributed by atoms with E-state index in [2.05, 4.69) is 27.1 Å². The second-order valence-corrected chi connectivity index (χ2v) is 12.1. The zero-order valence-corrected chi connectivity index (χ0v) is 23.2. The highest BCUT2D eigenvalue weighted by Crippen LogP contribution is 2.47. The number of nitrogens with zero attached hydrogens (tertiary/aromatic N) is 4. The van der Waals surface area contributed by atoms with E-state index >= 15 is 0 Å². The van der Waals surface area contributed by atoms with Crippen molar-refractivity contribution in [1.82, 2.24) is 20.2 Å². The topological polar surface area (TPSA) is 123 Å². The van der Waals surface area contributed by atoms with E-state index in [-0.39, 0.29) is 22.9 Å². The lowest BCUT2D eigenvalue weighted by Gasteiger charge is -2.45. The summed E-state index contributed by atoms with van der Waals surface area (Å²) in [7, 11) is 2.12. The second kappa shape index (κ2) is 10.8. The molecule has 3 atom stereocenters. The zero-order valence-electron chi connectivity index (χ0n) is 23.2. The van der Waals surface area contributed by atoms with E-state index < -0.39 is 5.41 Å². The average Bonchev–Trinajstić information content (AvgIpc) is 3.59. The molecule has 212 valence electrons. The Morgan fingerprint density at radius 3 is 2.82 bits per heavy atom. The number of hydrogen-bond acceptors (Lipinski definition) is 10. The third-order valence-electron chi connectivity index (χ3n) is 9.82. The molecule has 0 radical (unpaired) electrons. The maximum Gasteiger partial charge on any atom is 0.228 e. The first-order valence-corrected chi connectivity index (χ1v) is 14.8. The molecule has 4 heterocycles. The quantitative estimate of drug-likeness (QED) is 0.521. The van der Waals surface area contributed by atoms with Gasteiger partial charge in [0, 0.05) is 56.0 Å². The summed E-state index contributed by atoms with van der Waals surface area (Å²) in [6.07, 6.45) is 8.27. The van der Waals surface area contributed by atoms with Crippen molar-refractivity contribution in [2.45, 2.75) is 75.8 Å². The molecule has 1 aromatic rings. The third-order valence-corrected chi connectivity index (χ3v) is 9.82. The Balaban J connectivity index is 1.36. The number of anilines is 1. The van der Waals surface area contributed by atoms with E-state index in [1.807, 2.05) is 6.07 Å². The van der Waals surface area contributed by atoms with Gasteiger partial charge in [-0.15, -0.1) is 0 Å². The Labute approximate surface area is 230 Å². The molecule has 3 saturated heterocycles. The van der Waals surface area contributed by atoms with Crippen LogP contribution in [0, 0.1) is 5.41 Å². The number of allylic oxidation sites excluding steroid dienone is 2. The second-order valence-electron chi connectivity index (χ2n) is 12.1. The predicted octanol–water partition coefficient (Wildman–Crippen LogP) is 2.23. The van der Waals surface area contributed by atoms with Gasteiger partial charge in [0.15, 0.2) is 0 Å². The number of carbonyl (C=O) groups is 2. The van der Waals surface area contributed by atoms with E-state index in [1.165, 1.54) is 0 Å². The Morgan fingerprint density at radius 2 is 2.05 bits per heavy atom. The molecule has 2 spiro atoms. The van der Waals surface area contributed by atoms with Crippen LogP contribution in [0.15, 0.2) is 17.3 Å². The maximum atomic E-state index is 14.1. The van der Waals surface area contributed by atoms with Gasteiger partial charge < -0.3 is 30.3 Å². The summed E-state index contributed by atoms with van der Waals surface area (Å²) in [5.74, 6) is 1.11. The molecule has 39 heavy (non-hydrogen) atoms. The van der Waals surface area contributed by atoms with Gasteiger partial charge in [0.05, 0.1) is 17.6 Å². The molecule has 1 saturated carbocycles. The molecule has 0 amide bonds. The number of ether oxygens (including phenoxy) is 2. The average molecular weight is 539 g/mol. The Kier molecular flexibility index (Phi) is 7.37. The molecular formula is C29H42N6O4. The van der Waals surface area contributed by atoms with Crippen molar-refractivity contribution in [3.8, 4) is 5.88 Å². The molecule has 0 bridgehead atoms. The summed E-state index contributed by atoms with van der Waals surface area (Å²) in [4.78, 5) is 41.2. The summed E-state index contributed by atoms with van der Waals surface area (Å²) in [5.41, 5.74) is 6.75.